The molecule has 3 aromatic rings. The summed E-state index contributed by atoms with van der Waals surface area (Å²) in [6.45, 7) is 3.51. The van der Waals surface area contributed by atoms with Crippen LogP contribution in [0.25, 0.3) is 0 Å². The molecule has 5 rings (SSSR count). The van der Waals surface area contributed by atoms with E-state index in [1.165, 1.54) is 22.9 Å². The molecule has 8 heteroatoms. The Balaban J connectivity index is 1.35. The molecule has 1 amide bonds. The molecule has 206 valence electrons. The number of carbonyl (C=O) groups is 1. The molecule has 39 heavy (non-hydrogen) atoms. The van der Waals surface area contributed by atoms with Gasteiger partial charge in [-0.15, -0.1) is 11.8 Å². The molecule has 2 heterocycles. The third kappa shape index (κ3) is 6.24. The largest absolute Gasteiger partial charge is 0.339 e. The van der Waals surface area contributed by atoms with E-state index in [0.717, 1.165) is 43.7 Å². The Kier molecular flexibility index (Phi) is 9.07. The molecule has 0 bridgehead atoms. The zero-order valence-corrected chi connectivity index (χ0v) is 24.2. The van der Waals surface area contributed by atoms with Crippen molar-refractivity contribution in [2.45, 2.75) is 41.5 Å². The number of benzene rings is 3. The Bertz CT molecular complexity index is 1310. The van der Waals surface area contributed by atoms with Crippen LogP contribution in [0.3, 0.4) is 0 Å². The molecule has 0 N–H and O–H groups in total. The van der Waals surface area contributed by atoms with Crippen LogP contribution in [0.4, 0.5) is 0 Å². The number of nitrogens with zero attached hydrogens (tertiary/aromatic N) is 3. The van der Waals surface area contributed by atoms with Gasteiger partial charge in [0.25, 0.3) is 5.91 Å². The van der Waals surface area contributed by atoms with E-state index in [0.29, 0.717) is 31.7 Å². The normalized spacial score (nSPS) is 17.7. The van der Waals surface area contributed by atoms with Crippen molar-refractivity contribution in [3.63, 3.8) is 0 Å². The Morgan fingerprint density at radius 3 is 1.85 bits per heavy atom. The molecule has 0 radical (unpaired) electrons. The summed E-state index contributed by atoms with van der Waals surface area (Å²) in [5.41, 5.74) is 2.89. The third-order valence-electron chi connectivity index (χ3n) is 7.80. The van der Waals surface area contributed by atoms with E-state index >= 15 is 0 Å². The molecule has 0 atom stereocenters. The molecule has 6 nitrogen and oxygen atoms in total. The van der Waals surface area contributed by atoms with Gasteiger partial charge in [0, 0.05) is 44.2 Å². The van der Waals surface area contributed by atoms with E-state index in [9.17, 15) is 13.2 Å². The van der Waals surface area contributed by atoms with E-state index in [1.807, 2.05) is 23.3 Å². The zero-order valence-electron chi connectivity index (χ0n) is 22.5. The molecule has 2 saturated heterocycles. The number of carbonyl (C=O) groups excluding carboxylic acids is 1. The maximum atomic E-state index is 13.8. The minimum Gasteiger partial charge on any atom is -0.339 e. The van der Waals surface area contributed by atoms with Crippen LogP contribution in [0.5, 0.6) is 0 Å². The Morgan fingerprint density at radius 1 is 0.744 bits per heavy atom. The van der Waals surface area contributed by atoms with Gasteiger partial charge in [-0.1, -0.05) is 73.5 Å². The second-order valence-electron chi connectivity index (χ2n) is 10.2. The first-order valence-electron chi connectivity index (χ1n) is 13.8. The summed E-state index contributed by atoms with van der Waals surface area (Å²) in [5.74, 6) is -0.0586. The minimum absolute atomic E-state index is 0.0586. The fourth-order valence-electron chi connectivity index (χ4n) is 5.69. The van der Waals surface area contributed by atoms with Crippen molar-refractivity contribution >= 4 is 27.7 Å². The van der Waals surface area contributed by atoms with Crippen molar-refractivity contribution in [3.8, 4) is 0 Å². The first-order chi connectivity index (χ1) is 19.0. The summed E-state index contributed by atoms with van der Waals surface area (Å²) in [4.78, 5) is 18.8. The van der Waals surface area contributed by atoms with Crippen molar-refractivity contribution in [1.29, 1.82) is 0 Å². The number of hydrogen-bond acceptors (Lipinski definition) is 5. The fraction of sp³-hybridized carbons (Fsp3) is 0.387. The van der Waals surface area contributed by atoms with Gasteiger partial charge >= 0.3 is 0 Å². The van der Waals surface area contributed by atoms with Gasteiger partial charge in [-0.3, -0.25) is 9.69 Å². The number of hydrogen-bond donors (Lipinski definition) is 0. The van der Waals surface area contributed by atoms with Crippen LogP contribution in [0, 0.1) is 0 Å². The van der Waals surface area contributed by atoms with Crippen LogP contribution in [0.2, 0.25) is 0 Å². The van der Waals surface area contributed by atoms with E-state index in [1.54, 1.807) is 22.5 Å². The smallest absolute Gasteiger partial charge is 0.255 e. The highest BCUT2D eigenvalue weighted by molar-refractivity contribution is 7.98. The van der Waals surface area contributed by atoms with Gasteiger partial charge in [0.2, 0.25) is 10.0 Å². The molecular formula is C31H37N3O3S2. The van der Waals surface area contributed by atoms with Gasteiger partial charge in [-0.25, -0.2) is 8.42 Å². The van der Waals surface area contributed by atoms with Crippen molar-refractivity contribution in [1.82, 2.24) is 14.1 Å². The van der Waals surface area contributed by atoms with Gasteiger partial charge in [-0.05, 0) is 48.4 Å². The Morgan fingerprint density at radius 2 is 1.31 bits per heavy atom. The molecule has 0 unspecified atom stereocenters. The average Bonchev–Trinajstić information content (AvgIpc) is 3.28. The van der Waals surface area contributed by atoms with E-state index in [-0.39, 0.29) is 16.8 Å². The number of rotatable bonds is 7. The van der Waals surface area contributed by atoms with Crippen molar-refractivity contribution < 1.29 is 13.2 Å². The second-order valence-corrected chi connectivity index (χ2v) is 13.0. The Labute approximate surface area is 237 Å². The highest BCUT2D eigenvalue weighted by Gasteiger charge is 2.33. The van der Waals surface area contributed by atoms with Crippen LogP contribution >= 0.6 is 11.8 Å². The molecule has 3 aromatic carbocycles. The molecule has 2 fully saturated rings. The topological polar surface area (TPSA) is 60.9 Å². The van der Waals surface area contributed by atoms with Gasteiger partial charge < -0.3 is 4.90 Å². The van der Waals surface area contributed by atoms with Gasteiger partial charge in [0.05, 0.1) is 16.5 Å². The summed E-state index contributed by atoms with van der Waals surface area (Å²) >= 11 is 1.48. The first-order valence-corrected chi connectivity index (χ1v) is 16.5. The van der Waals surface area contributed by atoms with Gasteiger partial charge in [-0.2, -0.15) is 4.31 Å². The quantitative estimate of drug-likeness (QED) is 0.354. The van der Waals surface area contributed by atoms with Crippen LogP contribution in [-0.2, 0) is 10.0 Å². The van der Waals surface area contributed by atoms with Crippen molar-refractivity contribution in [2.75, 3.05) is 45.5 Å². The molecule has 2 aliphatic heterocycles. The van der Waals surface area contributed by atoms with Gasteiger partial charge in [0.15, 0.2) is 0 Å². The lowest BCUT2D eigenvalue weighted by atomic mass is 9.96. The second kappa shape index (κ2) is 12.7. The molecular weight excluding hydrogens is 526 g/mol. The summed E-state index contributed by atoms with van der Waals surface area (Å²) in [6.07, 6.45) is 6.19. The number of thioether (sulfide) groups is 1. The van der Waals surface area contributed by atoms with E-state index < -0.39 is 10.0 Å². The lowest BCUT2D eigenvalue weighted by molar-refractivity contribution is 0.0758. The van der Waals surface area contributed by atoms with Crippen LogP contribution in [0.1, 0.15) is 53.2 Å². The van der Waals surface area contributed by atoms with Crippen molar-refractivity contribution in [3.05, 3.63) is 95.6 Å². The van der Waals surface area contributed by atoms with E-state index in [4.69, 9.17) is 0 Å². The number of likely N-dealkylation sites (tertiary alicyclic amines) is 1. The lowest BCUT2D eigenvalue weighted by Gasteiger charge is -2.39. The standard InChI is InChI=1S/C31H37N3O3S2/c1-38-29-17-16-27(24-28(29)31(35)33-18-10-2-3-11-19-33)39(36,37)34-22-20-32(21-23-34)30(25-12-6-4-7-13-25)26-14-8-5-9-15-26/h4-9,12-17,24,30H,2-3,10-11,18-23H2,1H3. The highest BCUT2D eigenvalue weighted by Crippen LogP contribution is 2.32. The highest BCUT2D eigenvalue weighted by atomic mass is 32.2. The van der Waals surface area contributed by atoms with Crippen LogP contribution in [0.15, 0.2) is 88.7 Å². The van der Waals surface area contributed by atoms with E-state index in [2.05, 4.69) is 53.4 Å². The summed E-state index contributed by atoms with van der Waals surface area (Å²) < 4.78 is 29.1. The third-order valence-corrected chi connectivity index (χ3v) is 10.5. The minimum atomic E-state index is -3.73. The summed E-state index contributed by atoms with van der Waals surface area (Å²) in [7, 11) is -3.73. The molecule has 0 aliphatic carbocycles. The fourth-order valence-corrected chi connectivity index (χ4v) is 7.71. The zero-order chi connectivity index (χ0) is 27.2. The summed E-state index contributed by atoms with van der Waals surface area (Å²) in [5, 5.41) is 0. The molecule has 0 aromatic heterocycles. The Hall–Kier alpha value is -2.65. The lowest BCUT2D eigenvalue weighted by Crippen LogP contribution is -2.49. The van der Waals surface area contributed by atoms with Crippen molar-refractivity contribution in [2.24, 2.45) is 0 Å². The van der Waals surface area contributed by atoms with Crippen LogP contribution < -0.4 is 0 Å². The predicted octanol–water partition coefficient (Wildman–Crippen LogP) is 5.52. The van der Waals surface area contributed by atoms with Crippen LogP contribution in [-0.4, -0.2) is 74.0 Å². The predicted molar refractivity (Wildman–Crippen MR) is 158 cm³/mol. The average molecular weight is 564 g/mol. The number of amides is 1. The number of piperazine rings is 1. The monoisotopic (exact) mass is 563 g/mol. The SMILES string of the molecule is CSc1ccc(S(=O)(=O)N2CCN(C(c3ccccc3)c3ccccc3)CC2)cc1C(=O)N1CCCCCC1. The molecule has 0 saturated carbocycles. The number of sulfonamides is 1. The molecule has 2 aliphatic rings. The summed E-state index contributed by atoms with van der Waals surface area (Å²) in [6, 6.07) is 25.9. The van der Waals surface area contributed by atoms with Gasteiger partial charge in [0.1, 0.15) is 0 Å². The molecule has 0 spiro atoms. The maximum absolute atomic E-state index is 13.8. The maximum Gasteiger partial charge on any atom is 0.255 e. The first kappa shape index (κ1) is 27.9.